The van der Waals surface area contributed by atoms with Crippen molar-refractivity contribution in [2.24, 2.45) is 0 Å². The number of ether oxygens (including phenoxy) is 1. The quantitative estimate of drug-likeness (QED) is 0.744. The minimum atomic E-state index is -0.594. The van der Waals surface area contributed by atoms with Gasteiger partial charge in [0.1, 0.15) is 24.5 Å². The maximum absolute atomic E-state index is 13.1. The second-order valence-electron chi connectivity index (χ2n) is 7.13. The fraction of sp³-hybridized carbons (Fsp3) is 0.611. The zero-order chi connectivity index (χ0) is 19.0. The number of carbonyl (C=O) groups excluding carboxylic acids is 3. The molecule has 8 nitrogen and oxygen atoms in total. The summed E-state index contributed by atoms with van der Waals surface area (Å²) >= 11 is 1.71. The Labute approximate surface area is 161 Å². The van der Waals surface area contributed by atoms with Crippen molar-refractivity contribution in [3.05, 3.63) is 24.2 Å². The summed E-state index contributed by atoms with van der Waals surface area (Å²) in [4.78, 5) is 41.2. The number of piperazine rings is 1. The van der Waals surface area contributed by atoms with Crippen LogP contribution >= 0.6 is 11.8 Å². The fourth-order valence-corrected chi connectivity index (χ4v) is 5.38. The van der Waals surface area contributed by atoms with Crippen LogP contribution in [0.3, 0.4) is 0 Å². The summed E-state index contributed by atoms with van der Waals surface area (Å²) in [6, 6.07) is 2.46. The van der Waals surface area contributed by atoms with Crippen LogP contribution in [-0.4, -0.2) is 77.7 Å². The summed E-state index contributed by atoms with van der Waals surface area (Å²) in [5.41, 5.74) is 0. The molecule has 4 rings (SSSR count). The number of furan rings is 1. The number of nitrogens with one attached hydrogen (secondary N) is 1. The predicted octanol–water partition coefficient (Wildman–Crippen LogP) is 0.228. The lowest BCUT2D eigenvalue weighted by Gasteiger charge is -2.40. The van der Waals surface area contributed by atoms with Crippen molar-refractivity contribution in [2.75, 3.05) is 26.8 Å². The molecule has 3 amide bonds. The van der Waals surface area contributed by atoms with Gasteiger partial charge in [-0.15, -0.1) is 11.8 Å². The molecule has 4 heterocycles. The molecule has 0 bridgehead atoms. The summed E-state index contributed by atoms with van der Waals surface area (Å²) in [5.74, 6) is 1.30. The van der Waals surface area contributed by atoms with Gasteiger partial charge in [-0.05, 0) is 25.0 Å². The highest BCUT2D eigenvalue weighted by Crippen LogP contribution is 2.37. The molecule has 3 aliphatic heterocycles. The van der Waals surface area contributed by atoms with Crippen LogP contribution in [0, 0.1) is 0 Å². The highest BCUT2D eigenvalue weighted by Gasteiger charge is 2.55. The zero-order valence-corrected chi connectivity index (χ0v) is 15.9. The number of fused-ring (bicyclic) bond motifs is 2. The van der Waals surface area contributed by atoms with Crippen molar-refractivity contribution in [2.45, 2.75) is 42.0 Å². The molecule has 0 aliphatic carbocycles. The molecule has 9 heteroatoms. The lowest BCUT2D eigenvalue weighted by Crippen LogP contribution is -2.64. The molecule has 1 aromatic rings. The molecule has 3 aliphatic rings. The number of rotatable bonds is 6. The van der Waals surface area contributed by atoms with Gasteiger partial charge in [0.2, 0.25) is 17.7 Å². The largest absolute Gasteiger partial charge is 0.468 e. The van der Waals surface area contributed by atoms with Gasteiger partial charge in [0.05, 0.1) is 18.1 Å². The zero-order valence-electron chi connectivity index (χ0n) is 15.1. The van der Waals surface area contributed by atoms with Crippen molar-refractivity contribution < 1.29 is 23.5 Å². The van der Waals surface area contributed by atoms with Crippen LogP contribution in [0.4, 0.5) is 0 Å². The number of hydrogen-bond donors (Lipinski definition) is 1. The third-order valence-corrected chi connectivity index (χ3v) is 6.69. The summed E-state index contributed by atoms with van der Waals surface area (Å²) in [6.45, 7) is 1.01. The van der Waals surface area contributed by atoms with Gasteiger partial charge >= 0.3 is 0 Å². The van der Waals surface area contributed by atoms with E-state index in [1.807, 2.05) is 12.1 Å². The van der Waals surface area contributed by atoms with Crippen LogP contribution in [0.25, 0.3) is 0 Å². The Bertz CT molecular complexity index is 725. The molecule has 4 atom stereocenters. The van der Waals surface area contributed by atoms with Crippen LogP contribution in [0.5, 0.6) is 0 Å². The number of thioether (sulfide) groups is 1. The molecular weight excluding hydrogens is 370 g/mol. The standard InChI is InChI=1S/C18H23N3O5S/c1-25-9-15(22)19-13-4-5-20-16(13)18(24)21-8-12(7-14(21)17(20)23)27-10-11-3-2-6-26-11/h2-3,6,12-14,16H,4-5,7-10H2,1H3,(H,19,22). The Morgan fingerprint density at radius 3 is 2.96 bits per heavy atom. The first-order chi connectivity index (χ1) is 13.1. The number of hydrogen-bond acceptors (Lipinski definition) is 6. The van der Waals surface area contributed by atoms with Crippen LogP contribution in [0.15, 0.2) is 22.8 Å². The van der Waals surface area contributed by atoms with E-state index in [1.54, 1.807) is 27.8 Å². The summed E-state index contributed by atoms with van der Waals surface area (Å²) in [5, 5.41) is 3.05. The first kappa shape index (κ1) is 18.4. The summed E-state index contributed by atoms with van der Waals surface area (Å²) in [7, 11) is 1.45. The lowest BCUT2D eigenvalue weighted by atomic mass is 10.0. The van der Waals surface area contributed by atoms with E-state index < -0.39 is 6.04 Å². The van der Waals surface area contributed by atoms with Gasteiger partial charge in [0, 0.05) is 25.4 Å². The van der Waals surface area contributed by atoms with Gasteiger partial charge in [-0.3, -0.25) is 14.4 Å². The van der Waals surface area contributed by atoms with Crippen molar-refractivity contribution in [3.63, 3.8) is 0 Å². The Morgan fingerprint density at radius 2 is 2.22 bits per heavy atom. The minimum absolute atomic E-state index is 0.00388. The molecule has 0 radical (unpaired) electrons. The number of amides is 3. The van der Waals surface area contributed by atoms with E-state index >= 15 is 0 Å². The molecule has 0 spiro atoms. The van der Waals surface area contributed by atoms with Crippen LogP contribution in [0.2, 0.25) is 0 Å². The summed E-state index contributed by atoms with van der Waals surface area (Å²) in [6.07, 6.45) is 2.90. The van der Waals surface area contributed by atoms with Crippen molar-refractivity contribution in [1.29, 1.82) is 0 Å². The molecule has 0 aromatic carbocycles. The van der Waals surface area contributed by atoms with E-state index in [1.165, 1.54) is 7.11 Å². The van der Waals surface area contributed by atoms with Crippen LogP contribution < -0.4 is 5.32 Å². The first-order valence-corrected chi connectivity index (χ1v) is 10.2. The number of methoxy groups -OCH3 is 1. The minimum Gasteiger partial charge on any atom is -0.468 e. The van der Waals surface area contributed by atoms with Crippen molar-refractivity contribution in [3.8, 4) is 0 Å². The highest BCUT2D eigenvalue weighted by molar-refractivity contribution is 7.99. The Hall–Kier alpha value is -2.00. The lowest BCUT2D eigenvalue weighted by molar-refractivity contribution is -0.157. The van der Waals surface area contributed by atoms with Crippen LogP contribution in [-0.2, 0) is 24.9 Å². The monoisotopic (exact) mass is 393 g/mol. The predicted molar refractivity (Wildman–Crippen MR) is 97.8 cm³/mol. The highest BCUT2D eigenvalue weighted by atomic mass is 32.2. The smallest absolute Gasteiger partial charge is 0.248 e. The van der Waals surface area contributed by atoms with E-state index in [9.17, 15) is 14.4 Å². The van der Waals surface area contributed by atoms with Gasteiger partial charge in [0.25, 0.3) is 0 Å². The number of nitrogens with zero attached hydrogens (tertiary/aromatic N) is 2. The van der Waals surface area contributed by atoms with Gasteiger partial charge in [-0.2, -0.15) is 0 Å². The maximum Gasteiger partial charge on any atom is 0.248 e. The second kappa shape index (κ2) is 7.55. The van der Waals surface area contributed by atoms with E-state index in [0.717, 1.165) is 11.5 Å². The topological polar surface area (TPSA) is 92.1 Å². The average molecular weight is 393 g/mol. The van der Waals surface area contributed by atoms with E-state index in [4.69, 9.17) is 9.15 Å². The molecule has 3 saturated heterocycles. The Kier molecular flexibility index (Phi) is 5.14. The molecule has 3 fully saturated rings. The van der Waals surface area contributed by atoms with Gasteiger partial charge < -0.3 is 24.3 Å². The molecule has 1 aromatic heterocycles. The summed E-state index contributed by atoms with van der Waals surface area (Å²) < 4.78 is 10.2. The fourth-order valence-electron chi connectivity index (χ4n) is 4.23. The Balaban J connectivity index is 1.42. The molecule has 146 valence electrons. The van der Waals surface area contributed by atoms with Crippen molar-refractivity contribution in [1.82, 2.24) is 15.1 Å². The third kappa shape index (κ3) is 3.45. The van der Waals surface area contributed by atoms with E-state index in [-0.39, 0.29) is 41.7 Å². The van der Waals surface area contributed by atoms with E-state index in [2.05, 4.69) is 5.32 Å². The number of carbonyl (C=O) groups is 3. The first-order valence-electron chi connectivity index (χ1n) is 9.11. The SMILES string of the molecule is COCC(=O)NC1CCN2C(=O)C3CC(SCc4ccco4)CN3C(=O)C12. The Morgan fingerprint density at radius 1 is 1.37 bits per heavy atom. The van der Waals surface area contributed by atoms with Gasteiger partial charge in [-0.1, -0.05) is 0 Å². The van der Waals surface area contributed by atoms with Gasteiger partial charge in [-0.25, -0.2) is 0 Å². The second-order valence-corrected chi connectivity index (χ2v) is 8.42. The van der Waals surface area contributed by atoms with E-state index in [0.29, 0.717) is 25.9 Å². The third-order valence-electron chi connectivity index (χ3n) is 5.43. The molecule has 1 N–H and O–H groups in total. The molecule has 0 saturated carbocycles. The normalized spacial score (nSPS) is 29.8. The maximum atomic E-state index is 13.1. The van der Waals surface area contributed by atoms with Crippen molar-refractivity contribution >= 4 is 29.5 Å². The molecule has 27 heavy (non-hydrogen) atoms. The average Bonchev–Trinajstić information content (AvgIpc) is 3.37. The van der Waals surface area contributed by atoms with Crippen LogP contribution in [0.1, 0.15) is 18.6 Å². The molecular formula is C18H23N3O5S. The molecule has 4 unspecified atom stereocenters. The van der Waals surface area contributed by atoms with Gasteiger partial charge in [0.15, 0.2) is 0 Å².